The second-order valence-electron chi connectivity index (χ2n) is 5.09. The Kier molecular flexibility index (Phi) is 5.76. The van der Waals surface area contributed by atoms with Gasteiger partial charge in [-0.15, -0.1) is 0 Å². The molecule has 1 aromatic carbocycles. The van der Waals surface area contributed by atoms with Gasteiger partial charge in [-0.2, -0.15) is 0 Å². The Balaban J connectivity index is 2.26. The first-order chi connectivity index (χ1) is 10.3. The van der Waals surface area contributed by atoms with E-state index < -0.39 is 0 Å². The summed E-state index contributed by atoms with van der Waals surface area (Å²) in [6.45, 7) is 5.26. The molecule has 1 N–H and O–H groups in total. The van der Waals surface area contributed by atoms with E-state index in [0.29, 0.717) is 6.04 Å². The van der Waals surface area contributed by atoms with Crippen molar-refractivity contribution >= 4 is 0 Å². The first-order valence-corrected chi connectivity index (χ1v) is 7.57. The molecule has 2 rings (SSSR count). The summed E-state index contributed by atoms with van der Waals surface area (Å²) in [5, 5.41) is 3.59. The third kappa shape index (κ3) is 4.05. The van der Waals surface area contributed by atoms with Crippen LogP contribution in [0, 0.1) is 0 Å². The molecule has 112 valence electrons. The maximum absolute atomic E-state index is 5.32. The van der Waals surface area contributed by atoms with E-state index in [1.807, 2.05) is 24.5 Å². The fourth-order valence-electron chi connectivity index (χ4n) is 2.65. The van der Waals surface area contributed by atoms with Gasteiger partial charge in [0.25, 0.3) is 0 Å². The van der Waals surface area contributed by atoms with Crippen LogP contribution in [0.4, 0.5) is 0 Å². The van der Waals surface area contributed by atoms with E-state index in [-0.39, 0.29) is 0 Å². The Morgan fingerprint density at radius 1 is 1.24 bits per heavy atom. The lowest BCUT2D eigenvalue weighted by Gasteiger charge is -2.21. The van der Waals surface area contributed by atoms with Gasteiger partial charge in [0.15, 0.2) is 0 Å². The first-order valence-electron chi connectivity index (χ1n) is 7.57. The Hall–Kier alpha value is -1.87. The number of likely N-dealkylation sites (N-methyl/N-ethyl adjacent to an activating group) is 1. The van der Waals surface area contributed by atoms with Gasteiger partial charge in [-0.3, -0.25) is 4.98 Å². The molecule has 21 heavy (non-hydrogen) atoms. The molecule has 3 nitrogen and oxygen atoms in total. The zero-order chi connectivity index (χ0) is 15.1. The third-order valence-corrected chi connectivity index (χ3v) is 3.72. The number of ether oxygens (including phenoxy) is 1. The monoisotopic (exact) mass is 284 g/mol. The third-order valence-electron chi connectivity index (χ3n) is 3.72. The van der Waals surface area contributed by atoms with Gasteiger partial charge in [0.2, 0.25) is 0 Å². The number of pyridine rings is 1. The standard InChI is InChI=1S/C18H24N2O/c1-4-15-13-19-10-9-17(15)18(20-5-2)12-14-7-6-8-16(11-14)21-3/h6-11,13,18,20H,4-5,12H2,1-3H3. The van der Waals surface area contributed by atoms with Crippen LogP contribution in [0.3, 0.4) is 0 Å². The smallest absolute Gasteiger partial charge is 0.119 e. The Morgan fingerprint density at radius 2 is 2.10 bits per heavy atom. The molecule has 0 bridgehead atoms. The Morgan fingerprint density at radius 3 is 2.81 bits per heavy atom. The molecular weight excluding hydrogens is 260 g/mol. The average Bonchev–Trinajstić information content (AvgIpc) is 2.54. The maximum atomic E-state index is 5.32. The normalized spacial score (nSPS) is 12.1. The van der Waals surface area contributed by atoms with Gasteiger partial charge in [-0.1, -0.05) is 26.0 Å². The van der Waals surface area contributed by atoms with Crippen molar-refractivity contribution in [2.75, 3.05) is 13.7 Å². The molecule has 3 heteroatoms. The van der Waals surface area contributed by atoms with Crippen LogP contribution in [0.1, 0.15) is 36.6 Å². The summed E-state index contributed by atoms with van der Waals surface area (Å²) < 4.78 is 5.32. The number of aromatic nitrogens is 1. The molecule has 0 aliphatic carbocycles. The molecule has 0 amide bonds. The summed E-state index contributed by atoms with van der Waals surface area (Å²) in [7, 11) is 1.71. The quantitative estimate of drug-likeness (QED) is 0.844. The summed E-state index contributed by atoms with van der Waals surface area (Å²) in [5.74, 6) is 0.910. The highest BCUT2D eigenvalue weighted by atomic mass is 16.5. The summed E-state index contributed by atoms with van der Waals surface area (Å²) >= 11 is 0. The summed E-state index contributed by atoms with van der Waals surface area (Å²) in [4.78, 5) is 4.25. The molecule has 0 aliphatic rings. The van der Waals surface area contributed by atoms with Crippen LogP contribution in [-0.4, -0.2) is 18.6 Å². The zero-order valence-corrected chi connectivity index (χ0v) is 13.1. The van der Waals surface area contributed by atoms with Crippen molar-refractivity contribution in [3.8, 4) is 5.75 Å². The lowest BCUT2D eigenvalue weighted by molar-refractivity contribution is 0.414. The van der Waals surface area contributed by atoms with Crippen molar-refractivity contribution in [1.82, 2.24) is 10.3 Å². The minimum Gasteiger partial charge on any atom is -0.497 e. The highest BCUT2D eigenvalue weighted by Crippen LogP contribution is 2.23. The number of rotatable bonds is 7. The maximum Gasteiger partial charge on any atom is 0.119 e. The molecule has 1 aromatic heterocycles. The van der Waals surface area contributed by atoms with Crippen molar-refractivity contribution in [3.63, 3.8) is 0 Å². The van der Waals surface area contributed by atoms with Gasteiger partial charge in [-0.05, 0) is 54.3 Å². The van der Waals surface area contributed by atoms with E-state index in [9.17, 15) is 0 Å². The molecule has 1 atom stereocenters. The number of nitrogens with zero attached hydrogens (tertiary/aromatic N) is 1. The minimum absolute atomic E-state index is 0.306. The largest absolute Gasteiger partial charge is 0.497 e. The van der Waals surface area contributed by atoms with E-state index >= 15 is 0 Å². The molecule has 0 radical (unpaired) electrons. The summed E-state index contributed by atoms with van der Waals surface area (Å²) in [5.41, 5.74) is 3.93. The number of hydrogen-bond acceptors (Lipinski definition) is 3. The Labute approximate surface area is 127 Å². The summed E-state index contributed by atoms with van der Waals surface area (Å²) in [6, 6.07) is 10.7. The van der Waals surface area contributed by atoms with Crippen molar-refractivity contribution < 1.29 is 4.74 Å². The average molecular weight is 284 g/mol. The molecule has 2 aromatic rings. The van der Waals surface area contributed by atoms with Crippen LogP contribution in [0.5, 0.6) is 5.75 Å². The molecular formula is C18H24N2O. The molecule has 0 spiro atoms. The number of methoxy groups -OCH3 is 1. The predicted molar refractivity (Wildman–Crippen MR) is 86.7 cm³/mol. The molecule has 0 aliphatic heterocycles. The van der Waals surface area contributed by atoms with Crippen LogP contribution in [-0.2, 0) is 12.8 Å². The minimum atomic E-state index is 0.306. The molecule has 0 fully saturated rings. The van der Waals surface area contributed by atoms with Crippen molar-refractivity contribution in [3.05, 3.63) is 59.4 Å². The van der Waals surface area contributed by atoms with Crippen LogP contribution in [0.25, 0.3) is 0 Å². The zero-order valence-electron chi connectivity index (χ0n) is 13.1. The van der Waals surface area contributed by atoms with Crippen molar-refractivity contribution in [1.29, 1.82) is 0 Å². The fourth-order valence-corrected chi connectivity index (χ4v) is 2.65. The van der Waals surface area contributed by atoms with E-state index in [1.54, 1.807) is 7.11 Å². The van der Waals surface area contributed by atoms with Crippen molar-refractivity contribution in [2.24, 2.45) is 0 Å². The van der Waals surface area contributed by atoms with Gasteiger partial charge in [0.05, 0.1) is 7.11 Å². The van der Waals surface area contributed by atoms with Crippen LogP contribution in [0.2, 0.25) is 0 Å². The topological polar surface area (TPSA) is 34.1 Å². The molecule has 1 heterocycles. The Bertz CT molecular complexity index is 569. The van der Waals surface area contributed by atoms with Crippen LogP contribution >= 0.6 is 0 Å². The summed E-state index contributed by atoms with van der Waals surface area (Å²) in [6.07, 6.45) is 5.81. The second-order valence-corrected chi connectivity index (χ2v) is 5.09. The molecule has 0 saturated heterocycles. The highest BCUT2D eigenvalue weighted by Gasteiger charge is 2.14. The molecule has 1 unspecified atom stereocenters. The number of benzene rings is 1. The SMILES string of the molecule is CCNC(Cc1cccc(OC)c1)c1ccncc1CC. The predicted octanol–water partition coefficient (Wildman–Crippen LogP) is 3.55. The van der Waals surface area contributed by atoms with Gasteiger partial charge in [-0.25, -0.2) is 0 Å². The van der Waals surface area contributed by atoms with Gasteiger partial charge in [0, 0.05) is 18.4 Å². The van der Waals surface area contributed by atoms with E-state index in [4.69, 9.17) is 4.74 Å². The van der Waals surface area contributed by atoms with Crippen molar-refractivity contribution in [2.45, 2.75) is 32.7 Å². The first kappa shape index (κ1) is 15.5. The van der Waals surface area contributed by atoms with E-state index in [2.05, 4.69) is 42.3 Å². The number of aryl methyl sites for hydroxylation is 1. The number of hydrogen-bond donors (Lipinski definition) is 1. The fraction of sp³-hybridized carbons (Fsp3) is 0.389. The highest BCUT2D eigenvalue weighted by molar-refractivity contribution is 5.32. The lowest BCUT2D eigenvalue weighted by Crippen LogP contribution is -2.24. The van der Waals surface area contributed by atoms with E-state index in [1.165, 1.54) is 16.7 Å². The van der Waals surface area contributed by atoms with Gasteiger partial charge < -0.3 is 10.1 Å². The lowest BCUT2D eigenvalue weighted by atomic mass is 9.95. The second kappa shape index (κ2) is 7.79. The molecule has 0 saturated carbocycles. The number of nitrogens with one attached hydrogen (secondary N) is 1. The van der Waals surface area contributed by atoms with Crippen LogP contribution in [0.15, 0.2) is 42.7 Å². The van der Waals surface area contributed by atoms with Gasteiger partial charge >= 0.3 is 0 Å². The van der Waals surface area contributed by atoms with E-state index in [0.717, 1.165) is 25.1 Å². The van der Waals surface area contributed by atoms with Crippen LogP contribution < -0.4 is 10.1 Å². The van der Waals surface area contributed by atoms with Gasteiger partial charge in [0.1, 0.15) is 5.75 Å².